The average molecular weight is 222 g/mol. The molecule has 0 radical (unpaired) electrons. The Hall–Kier alpha value is -0.440. The monoisotopic (exact) mass is 221 g/mol. The molecule has 0 spiro atoms. The number of alkyl halides is 1. The normalized spacial score (nSPS) is 15.9. The second-order valence-corrected chi connectivity index (χ2v) is 4.94. The number of amides is 1. The SMILES string of the molecule is CCC(C)(CCl)NC(=O)OC(C)(C)C. The Morgan fingerprint density at radius 1 is 1.36 bits per heavy atom. The molecule has 0 aliphatic rings. The van der Waals surface area contributed by atoms with E-state index < -0.39 is 11.7 Å². The van der Waals surface area contributed by atoms with Crippen LogP contribution in [0, 0.1) is 0 Å². The summed E-state index contributed by atoms with van der Waals surface area (Å²) >= 11 is 5.75. The van der Waals surface area contributed by atoms with Crippen LogP contribution >= 0.6 is 11.6 Å². The Morgan fingerprint density at radius 2 is 1.86 bits per heavy atom. The molecule has 3 nitrogen and oxygen atoms in total. The second kappa shape index (κ2) is 4.87. The van der Waals surface area contributed by atoms with E-state index in [9.17, 15) is 4.79 Å². The summed E-state index contributed by atoms with van der Waals surface area (Å²) in [4.78, 5) is 11.4. The smallest absolute Gasteiger partial charge is 0.408 e. The van der Waals surface area contributed by atoms with Gasteiger partial charge in [-0.3, -0.25) is 0 Å². The Bertz CT molecular complexity index is 195. The molecule has 1 N–H and O–H groups in total. The van der Waals surface area contributed by atoms with Gasteiger partial charge in [-0.1, -0.05) is 6.92 Å². The first kappa shape index (κ1) is 13.6. The maximum atomic E-state index is 11.4. The lowest BCUT2D eigenvalue weighted by Crippen LogP contribution is -2.48. The van der Waals surface area contributed by atoms with E-state index in [0.29, 0.717) is 5.88 Å². The van der Waals surface area contributed by atoms with Crippen LogP contribution in [0.4, 0.5) is 4.79 Å². The molecular weight excluding hydrogens is 202 g/mol. The predicted molar refractivity (Wildman–Crippen MR) is 58.8 cm³/mol. The zero-order valence-electron chi connectivity index (χ0n) is 9.61. The quantitative estimate of drug-likeness (QED) is 0.745. The molecule has 14 heavy (non-hydrogen) atoms. The lowest BCUT2D eigenvalue weighted by molar-refractivity contribution is 0.0472. The van der Waals surface area contributed by atoms with E-state index in [0.717, 1.165) is 6.42 Å². The van der Waals surface area contributed by atoms with E-state index >= 15 is 0 Å². The fourth-order valence-corrected chi connectivity index (χ4v) is 1.02. The van der Waals surface area contributed by atoms with Gasteiger partial charge in [-0.15, -0.1) is 11.6 Å². The average Bonchev–Trinajstić information content (AvgIpc) is 2.00. The molecule has 0 heterocycles. The highest BCUT2D eigenvalue weighted by Crippen LogP contribution is 2.13. The topological polar surface area (TPSA) is 38.3 Å². The Balaban J connectivity index is 4.18. The Morgan fingerprint density at radius 3 is 2.14 bits per heavy atom. The molecule has 0 aromatic heterocycles. The van der Waals surface area contributed by atoms with Crippen LogP contribution in [-0.2, 0) is 4.74 Å². The molecule has 1 atom stereocenters. The lowest BCUT2D eigenvalue weighted by Gasteiger charge is -2.29. The fourth-order valence-electron chi connectivity index (χ4n) is 0.766. The van der Waals surface area contributed by atoms with Crippen LogP contribution in [0.15, 0.2) is 0 Å². The van der Waals surface area contributed by atoms with E-state index in [1.54, 1.807) is 0 Å². The summed E-state index contributed by atoms with van der Waals surface area (Å²) < 4.78 is 5.13. The first-order valence-corrected chi connectivity index (χ1v) is 5.33. The van der Waals surface area contributed by atoms with Crippen LogP contribution in [0.5, 0.6) is 0 Å². The molecule has 0 aliphatic carbocycles. The molecule has 0 aliphatic heterocycles. The highest BCUT2D eigenvalue weighted by molar-refractivity contribution is 6.18. The number of ether oxygens (including phenoxy) is 1. The van der Waals surface area contributed by atoms with Gasteiger partial charge in [0.25, 0.3) is 0 Å². The van der Waals surface area contributed by atoms with E-state index in [2.05, 4.69) is 5.32 Å². The van der Waals surface area contributed by atoms with Crippen molar-refractivity contribution < 1.29 is 9.53 Å². The van der Waals surface area contributed by atoms with E-state index in [1.165, 1.54) is 0 Å². The molecule has 0 saturated carbocycles. The largest absolute Gasteiger partial charge is 0.444 e. The summed E-state index contributed by atoms with van der Waals surface area (Å²) in [5.41, 5.74) is -0.852. The number of carbonyl (C=O) groups excluding carboxylic acids is 1. The third-order valence-corrected chi connectivity index (χ3v) is 2.47. The standard InChI is InChI=1S/C10H20ClNO2/c1-6-10(5,7-11)12-8(13)14-9(2,3)4/h6-7H2,1-5H3,(H,12,13). The predicted octanol–water partition coefficient (Wildman–Crippen LogP) is 2.92. The van der Waals surface area contributed by atoms with Gasteiger partial charge in [0.1, 0.15) is 5.60 Å². The van der Waals surface area contributed by atoms with Crippen molar-refractivity contribution in [2.24, 2.45) is 0 Å². The summed E-state index contributed by atoms with van der Waals surface area (Å²) in [6.45, 7) is 9.35. The number of halogens is 1. The summed E-state index contributed by atoms with van der Waals surface area (Å²) in [6.07, 6.45) is 0.359. The molecular formula is C10H20ClNO2. The van der Waals surface area contributed by atoms with Gasteiger partial charge in [0.15, 0.2) is 0 Å². The fraction of sp³-hybridized carbons (Fsp3) is 0.900. The molecule has 1 unspecified atom stereocenters. The van der Waals surface area contributed by atoms with Crippen molar-refractivity contribution in [3.63, 3.8) is 0 Å². The molecule has 0 aromatic rings. The summed E-state index contributed by atoms with van der Waals surface area (Å²) in [5.74, 6) is 0.378. The van der Waals surface area contributed by atoms with Gasteiger partial charge in [-0.2, -0.15) is 0 Å². The molecule has 0 bridgehead atoms. The Kier molecular flexibility index (Phi) is 4.72. The molecule has 4 heteroatoms. The number of hydrogen-bond donors (Lipinski definition) is 1. The molecule has 0 rings (SSSR count). The van der Waals surface area contributed by atoms with Crippen molar-refractivity contribution in [1.29, 1.82) is 0 Å². The van der Waals surface area contributed by atoms with Crippen LogP contribution in [0.1, 0.15) is 41.0 Å². The number of rotatable bonds is 3. The molecule has 1 amide bonds. The van der Waals surface area contributed by atoms with Gasteiger partial charge < -0.3 is 10.1 Å². The van der Waals surface area contributed by atoms with Crippen LogP contribution < -0.4 is 5.32 Å². The highest BCUT2D eigenvalue weighted by atomic mass is 35.5. The maximum absolute atomic E-state index is 11.4. The van der Waals surface area contributed by atoms with Crippen LogP contribution in [-0.4, -0.2) is 23.1 Å². The van der Waals surface area contributed by atoms with Gasteiger partial charge in [-0.05, 0) is 34.1 Å². The highest BCUT2D eigenvalue weighted by Gasteiger charge is 2.26. The van der Waals surface area contributed by atoms with Crippen molar-refractivity contribution in [3.05, 3.63) is 0 Å². The second-order valence-electron chi connectivity index (χ2n) is 4.67. The van der Waals surface area contributed by atoms with Crippen LogP contribution in [0.3, 0.4) is 0 Å². The van der Waals surface area contributed by atoms with Gasteiger partial charge in [0.2, 0.25) is 0 Å². The zero-order valence-corrected chi connectivity index (χ0v) is 10.4. The summed E-state index contributed by atoms with van der Waals surface area (Å²) in [6, 6.07) is 0. The summed E-state index contributed by atoms with van der Waals surface area (Å²) in [5, 5.41) is 2.76. The van der Waals surface area contributed by atoms with Crippen molar-refractivity contribution in [2.75, 3.05) is 5.88 Å². The van der Waals surface area contributed by atoms with Gasteiger partial charge >= 0.3 is 6.09 Å². The first-order chi connectivity index (χ1) is 6.22. The van der Waals surface area contributed by atoms with E-state index in [1.807, 2.05) is 34.6 Å². The Labute approximate surface area is 91.2 Å². The van der Waals surface area contributed by atoms with Crippen molar-refractivity contribution in [2.45, 2.75) is 52.2 Å². The maximum Gasteiger partial charge on any atom is 0.408 e. The van der Waals surface area contributed by atoms with Gasteiger partial charge in [-0.25, -0.2) is 4.79 Å². The van der Waals surface area contributed by atoms with Crippen LogP contribution in [0.25, 0.3) is 0 Å². The minimum atomic E-state index is -0.467. The third-order valence-electron chi connectivity index (χ3n) is 1.88. The zero-order chi connectivity index (χ0) is 11.4. The van der Waals surface area contributed by atoms with Gasteiger partial charge in [0.05, 0.1) is 5.54 Å². The number of hydrogen-bond acceptors (Lipinski definition) is 2. The van der Waals surface area contributed by atoms with Crippen LogP contribution in [0.2, 0.25) is 0 Å². The number of alkyl carbamates (subject to hydrolysis) is 1. The van der Waals surface area contributed by atoms with E-state index in [-0.39, 0.29) is 5.54 Å². The van der Waals surface area contributed by atoms with Crippen molar-refractivity contribution in [3.8, 4) is 0 Å². The lowest BCUT2D eigenvalue weighted by atomic mass is 10.0. The van der Waals surface area contributed by atoms with Crippen molar-refractivity contribution in [1.82, 2.24) is 5.32 Å². The minimum Gasteiger partial charge on any atom is -0.444 e. The van der Waals surface area contributed by atoms with Crippen molar-refractivity contribution >= 4 is 17.7 Å². The molecule has 0 saturated heterocycles. The summed E-state index contributed by atoms with van der Waals surface area (Å²) in [7, 11) is 0. The third kappa shape index (κ3) is 5.32. The molecule has 84 valence electrons. The number of nitrogens with one attached hydrogen (secondary N) is 1. The van der Waals surface area contributed by atoms with E-state index in [4.69, 9.17) is 16.3 Å². The first-order valence-electron chi connectivity index (χ1n) is 4.79. The van der Waals surface area contributed by atoms with Gasteiger partial charge in [0, 0.05) is 5.88 Å². The molecule has 0 fully saturated rings. The number of carbonyl (C=O) groups is 1. The minimum absolute atomic E-state index is 0.378. The molecule has 0 aromatic carbocycles.